The van der Waals surface area contributed by atoms with Crippen molar-refractivity contribution in [3.63, 3.8) is 0 Å². The van der Waals surface area contributed by atoms with E-state index < -0.39 is 0 Å². The van der Waals surface area contributed by atoms with Gasteiger partial charge in [0.15, 0.2) is 52.4 Å². The zero-order valence-electron chi connectivity index (χ0n) is 76.6. The first-order chi connectivity index (χ1) is 67.6. The molecule has 138 heavy (non-hydrogen) atoms. The minimum atomic E-state index is -0.135. The van der Waals surface area contributed by atoms with Gasteiger partial charge in [-0.15, -0.1) is 0 Å². The summed E-state index contributed by atoms with van der Waals surface area (Å²) in [6, 6.07) is 145. The smallest absolute Gasteiger partial charge is 0.164 e. The highest BCUT2D eigenvalue weighted by molar-refractivity contribution is 6.15. The number of furan rings is 3. The van der Waals surface area contributed by atoms with Gasteiger partial charge in [0.25, 0.3) is 0 Å². The summed E-state index contributed by atoms with van der Waals surface area (Å²) >= 11 is 0. The van der Waals surface area contributed by atoms with Gasteiger partial charge in [-0.05, 0) is 149 Å². The number of para-hydroxylation sites is 1. The normalized spacial score (nSPS) is 13.2. The highest BCUT2D eigenvalue weighted by Crippen LogP contribution is 2.57. The minimum absolute atomic E-state index is 0.0626. The standard InChI is InChI=1S/3C42H29N3O/c1-42(2)34-19-10-9-18-31(34)32-21-23-36-37(38(32)42)33-25-29(20-22-35(33)46-36)28-16-11-17-30(24-28)41-44-39(26-12-5-3-6-13-26)43-40(45-41)27-14-7-4-8-15-27;1-42(2)35-19-10-9-16-31(35)33-25-37-34(24-36(33)42)32-18-11-17-30(38(32)46-37)26-20-22-29(23-21-26)41-44-39(27-12-5-3-6-13-27)43-40(45-41)28-14-7-4-8-15-28;1-42(2)34-16-10-9-15-31(34)32-22-24-36-37(38(32)42)33-25-30(21-23-35(33)46-36)26-17-19-29(20-18-26)41-44-39(27-11-5-3-6-12-27)43-40(45-41)28-13-7-4-8-14-28/h3*3-25H,1-2H3. The summed E-state index contributed by atoms with van der Waals surface area (Å²) < 4.78 is 19.5. The predicted molar refractivity (Wildman–Crippen MR) is 559 cm³/mol. The monoisotopic (exact) mass is 1770 g/mol. The molecule has 24 aromatic rings. The molecular weight excluding hydrogens is 1690 g/mol. The largest absolute Gasteiger partial charge is 0.456 e. The molecule has 0 atom stereocenters. The number of fused-ring (bicyclic) bond motifs is 20. The number of nitrogens with zero attached hydrogens (tertiary/aromatic N) is 9. The lowest BCUT2D eigenvalue weighted by molar-refractivity contribution is 0.657. The number of benzene rings is 18. The molecule has 0 spiro atoms. The molecule has 0 saturated carbocycles. The summed E-state index contributed by atoms with van der Waals surface area (Å²) in [4.78, 5) is 44.0. The molecule has 0 bridgehead atoms. The van der Waals surface area contributed by atoms with E-state index in [1.165, 1.54) is 77.5 Å². The van der Waals surface area contributed by atoms with Crippen LogP contribution in [0.4, 0.5) is 0 Å². The molecule has 0 fully saturated rings. The SMILES string of the molecule is CC1(C)c2ccccc2-c2cc3oc4c(-c5ccc(-c6nc(-c7ccccc7)nc(-c7ccccc7)n6)cc5)cccc4c3cc21.CC1(C)c2ccccc2-c2ccc3oc4ccc(-c5ccc(-c6nc(-c7ccccc7)nc(-c7ccccc7)n6)cc5)cc4c3c21.CC1(C)c2ccccc2-c2ccc3oc4ccc(-c5cccc(-c6nc(-c7ccccc7)nc(-c7ccccc7)n6)c5)cc4c3c21. The van der Waals surface area contributed by atoms with Gasteiger partial charge in [-0.1, -0.05) is 406 Å². The summed E-state index contributed by atoms with van der Waals surface area (Å²) in [6.45, 7) is 13.9. The van der Waals surface area contributed by atoms with Gasteiger partial charge in [0, 0.05) is 104 Å². The molecule has 0 saturated heterocycles. The van der Waals surface area contributed by atoms with Crippen LogP contribution in [0.25, 0.3) is 235 Å². The van der Waals surface area contributed by atoms with Crippen LogP contribution in [0, 0.1) is 0 Å². The van der Waals surface area contributed by atoms with Crippen molar-refractivity contribution >= 4 is 65.8 Å². The maximum absolute atomic E-state index is 6.66. The molecule has 0 N–H and O–H groups in total. The average molecular weight is 1780 g/mol. The fourth-order valence-electron chi connectivity index (χ4n) is 21.1. The van der Waals surface area contributed by atoms with E-state index in [0.717, 1.165) is 138 Å². The van der Waals surface area contributed by atoms with Crippen LogP contribution >= 0.6 is 0 Å². The number of hydrogen-bond donors (Lipinski definition) is 0. The summed E-state index contributed by atoms with van der Waals surface area (Å²) in [5.74, 6) is 5.84. The van der Waals surface area contributed by atoms with E-state index >= 15 is 0 Å². The van der Waals surface area contributed by atoms with Gasteiger partial charge in [0.2, 0.25) is 0 Å². The Hall–Kier alpha value is -17.6. The van der Waals surface area contributed by atoms with Gasteiger partial charge in [0.1, 0.15) is 33.5 Å². The zero-order valence-corrected chi connectivity index (χ0v) is 76.6. The molecular formula is C126H87N9O3. The first kappa shape index (κ1) is 82.3. The summed E-state index contributed by atoms with van der Waals surface area (Å²) in [6.07, 6.45) is 0. The van der Waals surface area contributed by atoms with E-state index in [4.69, 9.17) is 58.1 Å². The van der Waals surface area contributed by atoms with E-state index in [-0.39, 0.29) is 16.2 Å². The van der Waals surface area contributed by atoms with Crippen molar-refractivity contribution < 1.29 is 13.3 Å². The number of hydrogen-bond acceptors (Lipinski definition) is 12. The third-order valence-corrected chi connectivity index (χ3v) is 28.0. The van der Waals surface area contributed by atoms with Gasteiger partial charge in [0.05, 0.1) is 0 Å². The van der Waals surface area contributed by atoms with E-state index in [1.807, 2.05) is 182 Å². The maximum atomic E-state index is 6.66. The molecule has 0 unspecified atom stereocenters. The van der Waals surface area contributed by atoms with Crippen LogP contribution in [0.3, 0.4) is 0 Å². The van der Waals surface area contributed by atoms with Gasteiger partial charge in [-0.3, -0.25) is 0 Å². The molecule has 0 radical (unpaired) electrons. The van der Waals surface area contributed by atoms with Gasteiger partial charge >= 0.3 is 0 Å². The van der Waals surface area contributed by atoms with E-state index in [1.54, 1.807) is 0 Å². The molecule has 3 aliphatic rings. The third kappa shape index (κ3) is 14.2. The van der Waals surface area contributed by atoms with Crippen molar-refractivity contribution in [3.05, 3.63) is 452 Å². The molecule has 0 amide bonds. The average Bonchev–Trinajstić information content (AvgIpc) is 1.56. The fourth-order valence-corrected chi connectivity index (χ4v) is 21.1. The lowest BCUT2D eigenvalue weighted by atomic mass is 9.80. The molecule has 18 aromatic carbocycles. The maximum Gasteiger partial charge on any atom is 0.164 e. The predicted octanol–water partition coefficient (Wildman–Crippen LogP) is 32.2. The first-order valence-corrected chi connectivity index (χ1v) is 46.9. The minimum Gasteiger partial charge on any atom is -0.456 e. The second-order valence-electron chi connectivity index (χ2n) is 37.4. The van der Waals surface area contributed by atoms with Crippen molar-refractivity contribution in [3.8, 4) is 169 Å². The fraction of sp³-hybridized carbons (Fsp3) is 0.0714. The van der Waals surface area contributed by atoms with E-state index in [2.05, 4.69) is 278 Å². The van der Waals surface area contributed by atoms with Crippen molar-refractivity contribution in [1.82, 2.24) is 44.9 Å². The summed E-state index contributed by atoms with van der Waals surface area (Å²) in [7, 11) is 0. The van der Waals surface area contributed by atoms with Crippen molar-refractivity contribution in [1.29, 1.82) is 0 Å². The van der Waals surface area contributed by atoms with Crippen LogP contribution < -0.4 is 0 Å². The molecule has 3 aliphatic carbocycles. The summed E-state index contributed by atoms with van der Waals surface area (Å²) in [5, 5.41) is 6.97. The highest BCUT2D eigenvalue weighted by Gasteiger charge is 2.41. The molecule has 12 heteroatoms. The molecule has 6 aromatic heterocycles. The second kappa shape index (κ2) is 32.9. The summed E-state index contributed by atoms with van der Waals surface area (Å²) in [5.41, 5.74) is 36.2. The Morgan fingerprint density at radius 3 is 0.855 bits per heavy atom. The quantitative estimate of drug-likeness (QED) is 0.114. The topological polar surface area (TPSA) is 155 Å². The van der Waals surface area contributed by atoms with Crippen LogP contribution in [0.2, 0.25) is 0 Å². The van der Waals surface area contributed by atoms with Crippen LogP contribution in [0.5, 0.6) is 0 Å². The van der Waals surface area contributed by atoms with Crippen molar-refractivity contribution in [2.24, 2.45) is 0 Å². The molecule has 0 aliphatic heterocycles. The highest BCUT2D eigenvalue weighted by atomic mass is 16.3. The molecule has 654 valence electrons. The number of rotatable bonds is 12. The van der Waals surface area contributed by atoms with E-state index in [9.17, 15) is 0 Å². The Morgan fingerprint density at radius 2 is 0.449 bits per heavy atom. The zero-order chi connectivity index (χ0) is 92.5. The molecule has 12 nitrogen and oxygen atoms in total. The molecule has 27 rings (SSSR count). The van der Waals surface area contributed by atoms with Crippen LogP contribution in [-0.4, -0.2) is 44.9 Å². The Labute approximate surface area is 797 Å². The lowest BCUT2D eigenvalue weighted by Gasteiger charge is -2.22. The van der Waals surface area contributed by atoms with Crippen LogP contribution in [-0.2, 0) is 16.2 Å². The Morgan fingerprint density at radius 1 is 0.159 bits per heavy atom. The van der Waals surface area contributed by atoms with Gasteiger partial charge in [-0.2, -0.15) is 0 Å². The van der Waals surface area contributed by atoms with Crippen molar-refractivity contribution in [2.75, 3.05) is 0 Å². The van der Waals surface area contributed by atoms with Crippen LogP contribution in [0.1, 0.15) is 74.9 Å². The van der Waals surface area contributed by atoms with Crippen LogP contribution in [0.15, 0.2) is 432 Å². The lowest BCUT2D eigenvalue weighted by Crippen LogP contribution is -2.15. The van der Waals surface area contributed by atoms with Gasteiger partial charge < -0.3 is 13.3 Å². The Bertz CT molecular complexity index is 8770. The van der Waals surface area contributed by atoms with Gasteiger partial charge in [-0.25, -0.2) is 44.9 Å². The Kier molecular flexibility index (Phi) is 19.6. The van der Waals surface area contributed by atoms with E-state index in [0.29, 0.717) is 52.4 Å². The second-order valence-corrected chi connectivity index (χ2v) is 37.4. The Balaban J connectivity index is 0.000000110. The molecule has 6 heterocycles. The first-order valence-electron chi connectivity index (χ1n) is 46.9. The third-order valence-electron chi connectivity index (χ3n) is 28.0. The number of aromatic nitrogens is 9. The van der Waals surface area contributed by atoms with Crippen molar-refractivity contribution in [2.45, 2.75) is 57.8 Å².